The molecule has 2 nitrogen and oxygen atoms in total. The molecule has 0 aliphatic rings. The molecule has 0 aliphatic heterocycles. The molecule has 2 N–H and O–H groups in total. The van der Waals surface area contributed by atoms with E-state index < -0.39 is 0 Å². The summed E-state index contributed by atoms with van der Waals surface area (Å²) in [5.74, 6) is 0.720. The van der Waals surface area contributed by atoms with Crippen LogP contribution in [0.1, 0.15) is 24.6 Å². The third-order valence-corrected chi connectivity index (χ3v) is 3.59. The van der Waals surface area contributed by atoms with Crippen LogP contribution in [-0.2, 0) is 6.42 Å². The summed E-state index contributed by atoms with van der Waals surface area (Å²) in [5.41, 5.74) is 4.07. The lowest BCUT2D eigenvalue weighted by Gasteiger charge is -2.14. The summed E-state index contributed by atoms with van der Waals surface area (Å²) < 4.78 is 0. The van der Waals surface area contributed by atoms with Crippen molar-refractivity contribution in [1.82, 2.24) is 10.3 Å². The van der Waals surface area contributed by atoms with Crippen LogP contribution in [0.3, 0.4) is 0 Å². The van der Waals surface area contributed by atoms with Gasteiger partial charge in [-0.1, -0.05) is 31.5 Å². The fourth-order valence-corrected chi connectivity index (χ4v) is 2.54. The number of benzene rings is 1. The number of hydrogen-bond donors (Lipinski definition) is 2. The molecule has 1 heterocycles. The number of para-hydroxylation sites is 1. The van der Waals surface area contributed by atoms with Crippen LogP contribution in [0.4, 0.5) is 0 Å². The summed E-state index contributed by atoms with van der Waals surface area (Å²) >= 11 is 0. The SMILES string of the molecule is CCC(CNC)Cc1c(C)[nH]c2ccccc12. The highest BCUT2D eigenvalue weighted by Gasteiger charge is 2.12. The largest absolute Gasteiger partial charge is 0.358 e. The van der Waals surface area contributed by atoms with Gasteiger partial charge in [0.25, 0.3) is 0 Å². The third kappa shape index (κ3) is 2.52. The van der Waals surface area contributed by atoms with Crippen LogP contribution < -0.4 is 5.32 Å². The van der Waals surface area contributed by atoms with E-state index in [1.54, 1.807) is 0 Å². The van der Waals surface area contributed by atoms with Crippen molar-refractivity contribution in [2.75, 3.05) is 13.6 Å². The molecule has 1 atom stereocenters. The second kappa shape index (κ2) is 5.37. The van der Waals surface area contributed by atoms with Gasteiger partial charge in [0.1, 0.15) is 0 Å². The molecular weight excluding hydrogens is 208 g/mol. The van der Waals surface area contributed by atoms with Crippen LogP contribution in [0.25, 0.3) is 10.9 Å². The Morgan fingerprint density at radius 1 is 1.29 bits per heavy atom. The average Bonchev–Trinajstić information content (AvgIpc) is 2.65. The van der Waals surface area contributed by atoms with Crippen LogP contribution in [-0.4, -0.2) is 18.6 Å². The predicted molar refractivity (Wildman–Crippen MR) is 74.4 cm³/mol. The quantitative estimate of drug-likeness (QED) is 0.810. The number of rotatable bonds is 5. The predicted octanol–water partition coefficient (Wildman–Crippen LogP) is 3.26. The maximum absolute atomic E-state index is 3.48. The third-order valence-electron chi connectivity index (χ3n) is 3.59. The van der Waals surface area contributed by atoms with E-state index in [0.717, 1.165) is 18.9 Å². The lowest BCUT2D eigenvalue weighted by Crippen LogP contribution is -2.20. The summed E-state index contributed by atoms with van der Waals surface area (Å²) in [5, 5.41) is 4.68. The first-order valence-electron chi connectivity index (χ1n) is 6.47. The number of hydrogen-bond acceptors (Lipinski definition) is 1. The number of aryl methyl sites for hydroxylation is 1. The minimum absolute atomic E-state index is 0.720. The monoisotopic (exact) mass is 230 g/mol. The number of aromatic amines is 1. The number of H-pyrrole nitrogens is 1. The van der Waals surface area contributed by atoms with E-state index in [2.05, 4.69) is 48.4 Å². The minimum atomic E-state index is 0.720. The molecule has 0 saturated heterocycles. The summed E-state index contributed by atoms with van der Waals surface area (Å²) in [6, 6.07) is 8.59. The molecule has 1 unspecified atom stereocenters. The van der Waals surface area contributed by atoms with Crippen molar-refractivity contribution in [2.24, 2.45) is 5.92 Å². The normalized spacial score (nSPS) is 13.1. The van der Waals surface area contributed by atoms with Gasteiger partial charge in [-0.2, -0.15) is 0 Å². The van der Waals surface area contributed by atoms with Crippen LogP contribution >= 0.6 is 0 Å². The van der Waals surface area contributed by atoms with Crippen LogP contribution in [0, 0.1) is 12.8 Å². The van der Waals surface area contributed by atoms with Gasteiger partial charge < -0.3 is 10.3 Å². The zero-order valence-corrected chi connectivity index (χ0v) is 11.0. The Morgan fingerprint density at radius 2 is 2.06 bits per heavy atom. The Kier molecular flexibility index (Phi) is 3.85. The van der Waals surface area contributed by atoms with Gasteiger partial charge in [0.2, 0.25) is 0 Å². The van der Waals surface area contributed by atoms with Crippen molar-refractivity contribution in [3.63, 3.8) is 0 Å². The maximum atomic E-state index is 3.48. The molecule has 0 bridgehead atoms. The molecule has 0 radical (unpaired) electrons. The smallest absolute Gasteiger partial charge is 0.0458 e. The Balaban J connectivity index is 2.31. The standard InChI is InChI=1S/C15H22N2/c1-4-12(10-16-3)9-14-11(2)17-15-8-6-5-7-13(14)15/h5-8,12,16-17H,4,9-10H2,1-3H3. The molecule has 0 fully saturated rings. The lowest BCUT2D eigenvalue weighted by atomic mass is 9.95. The van der Waals surface area contributed by atoms with E-state index in [-0.39, 0.29) is 0 Å². The van der Waals surface area contributed by atoms with Crippen molar-refractivity contribution in [3.05, 3.63) is 35.5 Å². The highest BCUT2D eigenvalue weighted by atomic mass is 14.8. The van der Waals surface area contributed by atoms with Crippen molar-refractivity contribution >= 4 is 10.9 Å². The van der Waals surface area contributed by atoms with Crippen LogP contribution in [0.2, 0.25) is 0 Å². The summed E-state index contributed by atoms with van der Waals surface area (Å²) in [7, 11) is 2.03. The van der Waals surface area contributed by atoms with Gasteiger partial charge in [0.15, 0.2) is 0 Å². The first-order chi connectivity index (χ1) is 8.26. The molecule has 1 aromatic heterocycles. The van der Waals surface area contributed by atoms with E-state index in [1.165, 1.54) is 28.6 Å². The molecule has 2 aromatic rings. The topological polar surface area (TPSA) is 27.8 Å². The zero-order chi connectivity index (χ0) is 12.3. The van der Waals surface area contributed by atoms with Gasteiger partial charge in [-0.25, -0.2) is 0 Å². The number of aromatic nitrogens is 1. The van der Waals surface area contributed by atoms with E-state index in [1.807, 2.05) is 7.05 Å². The Labute approximate surface area is 103 Å². The highest BCUT2D eigenvalue weighted by Crippen LogP contribution is 2.25. The average molecular weight is 230 g/mol. The van der Waals surface area contributed by atoms with Gasteiger partial charge in [0, 0.05) is 16.6 Å². The van der Waals surface area contributed by atoms with Gasteiger partial charge in [0.05, 0.1) is 0 Å². The molecule has 2 heteroatoms. The van der Waals surface area contributed by atoms with Crippen molar-refractivity contribution < 1.29 is 0 Å². The second-order valence-electron chi connectivity index (χ2n) is 4.81. The zero-order valence-electron chi connectivity index (χ0n) is 11.0. The number of fused-ring (bicyclic) bond motifs is 1. The summed E-state index contributed by atoms with van der Waals surface area (Å²) in [4.78, 5) is 3.48. The van der Waals surface area contributed by atoms with Crippen LogP contribution in [0.5, 0.6) is 0 Å². The molecular formula is C15H22N2. The minimum Gasteiger partial charge on any atom is -0.358 e. The summed E-state index contributed by atoms with van der Waals surface area (Å²) in [6.45, 7) is 5.54. The Morgan fingerprint density at radius 3 is 2.76 bits per heavy atom. The van der Waals surface area contributed by atoms with Crippen LogP contribution in [0.15, 0.2) is 24.3 Å². The molecule has 0 saturated carbocycles. The molecule has 0 aliphatic carbocycles. The molecule has 17 heavy (non-hydrogen) atoms. The van der Waals surface area contributed by atoms with Gasteiger partial charge in [-0.3, -0.25) is 0 Å². The first-order valence-corrected chi connectivity index (χ1v) is 6.47. The Hall–Kier alpha value is -1.28. The lowest BCUT2D eigenvalue weighted by molar-refractivity contribution is 0.481. The highest BCUT2D eigenvalue weighted by molar-refractivity contribution is 5.84. The first kappa shape index (κ1) is 12.2. The fraction of sp³-hybridized carbons (Fsp3) is 0.467. The molecule has 2 rings (SSSR count). The molecule has 1 aromatic carbocycles. The van der Waals surface area contributed by atoms with Gasteiger partial charge >= 0.3 is 0 Å². The second-order valence-corrected chi connectivity index (χ2v) is 4.81. The summed E-state index contributed by atoms with van der Waals surface area (Å²) in [6.07, 6.45) is 2.38. The van der Waals surface area contributed by atoms with E-state index in [4.69, 9.17) is 0 Å². The maximum Gasteiger partial charge on any atom is 0.0458 e. The molecule has 92 valence electrons. The molecule has 0 spiro atoms. The van der Waals surface area contributed by atoms with E-state index in [0.29, 0.717) is 0 Å². The van der Waals surface area contributed by atoms with Crippen molar-refractivity contribution in [3.8, 4) is 0 Å². The van der Waals surface area contributed by atoms with E-state index in [9.17, 15) is 0 Å². The van der Waals surface area contributed by atoms with Gasteiger partial charge in [-0.15, -0.1) is 0 Å². The van der Waals surface area contributed by atoms with Crippen molar-refractivity contribution in [1.29, 1.82) is 0 Å². The van der Waals surface area contributed by atoms with Crippen molar-refractivity contribution in [2.45, 2.75) is 26.7 Å². The van der Waals surface area contributed by atoms with E-state index >= 15 is 0 Å². The number of nitrogens with one attached hydrogen (secondary N) is 2. The molecule has 0 amide bonds. The Bertz CT molecular complexity index is 485. The van der Waals surface area contributed by atoms with Gasteiger partial charge in [-0.05, 0) is 44.5 Å². The fourth-order valence-electron chi connectivity index (χ4n) is 2.54.